The summed E-state index contributed by atoms with van der Waals surface area (Å²) in [7, 11) is 1.67. The van der Waals surface area contributed by atoms with E-state index in [1.54, 1.807) is 7.11 Å². The SMILES string of the molecule is CCC(N)Cc1cc(C(C)(C)CC(C)(C)C)cc(Cl)c1OC.Cl. The summed E-state index contributed by atoms with van der Waals surface area (Å²) in [6, 6.07) is 4.41. The van der Waals surface area contributed by atoms with Crippen LogP contribution >= 0.6 is 24.0 Å². The summed E-state index contributed by atoms with van der Waals surface area (Å²) in [6.07, 6.45) is 2.82. The number of hydrogen-bond donors (Lipinski definition) is 1. The molecule has 0 radical (unpaired) electrons. The van der Waals surface area contributed by atoms with E-state index in [2.05, 4.69) is 47.6 Å². The van der Waals surface area contributed by atoms with Gasteiger partial charge in [-0.3, -0.25) is 0 Å². The number of hydrogen-bond acceptors (Lipinski definition) is 2. The minimum Gasteiger partial charge on any atom is -0.495 e. The van der Waals surface area contributed by atoms with Gasteiger partial charge in [0.25, 0.3) is 0 Å². The van der Waals surface area contributed by atoms with Crippen molar-refractivity contribution in [2.24, 2.45) is 11.1 Å². The number of halogens is 2. The molecular formula is C19H33Cl2NO. The Balaban J connectivity index is 0.00000484. The molecule has 23 heavy (non-hydrogen) atoms. The molecule has 0 aliphatic rings. The van der Waals surface area contributed by atoms with Crippen LogP contribution in [0.1, 0.15) is 65.5 Å². The van der Waals surface area contributed by atoms with Crippen LogP contribution in [0, 0.1) is 5.41 Å². The summed E-state index contributed by atoms with van der Waals surface area (Å²) in [4.78, 5) is 0. The zero-order valence-corrected chi connectivity index (χ0v) is 17.2. The van der Waals surface area contributed by atoms with Crippen molar-refractivity contribution in [1.82, 2.24) is 0 Å². The molecule has 1 aromatic rings. The van der Waals surface area contributed by atoms with Gasteiger partial charge in [0.2, 0.25) is 0 Å². The van der Waals surface area contributed by atoms with E-state index < -0.39 is 0 Å². The van der Waals surface area contributed by atoms with Gasteiger partial charge in [-0.25, -0.2) is 0 Å². The average molecular weight is 362 g/mol. The minimum atomic E-state index is 0. The van der Waals surface area contributed by atoms with Gasteiger partial charge in [-0.05, 0) is 47.3 Å². The third-order valence-corrected chi connectivity index (χ3v) is 4.37. The van der Waals surface area contributed by atoms with Crippen molar-refractivity contribution in [3.05, 3.63) is 28.3 Å². The molecule has 1 unspecified atom stereocenters. The summed E-state index contributed by atoms with van der Waals surface area (Å²) in [6.45, 7) is 13.5. The fourth-order valence-corrected chi connectivity index (χ4v) is 3.59. The van der Waals surface area contributed by atoms with Gasteiger partial charge in [-0.1, -0.05) is 59.2 Å². The maximum atomic E-state index is 6.47. The Hall–Kier alpha value is -0.440. The summed E-state index contributed by atoms with van der Waals surface area (Å²) in [5, 5.41) is 0.681. The van der Waals surface area contributed by atoms with Gasteiger partial charge in [0, 0.05) is 6.04 Å². The van der Waals surface area contributed by atoms with Gasteiger partial charge < -0.3 is 10.5 Å². The summed E-state index contributed by atoms with van der Waals surface area (Å²) in [5.74, 6) is 0.765. The second-order valence-electron chi connectivity index (χ2n) is 8.14. The van der Waals surface area contributed by atoms with Crippen LogP contribution in [0.4, 0.5) is 0 Å². The fraction of sp³-hybridized carbons (Fsp3) is 0.684. The van der Waals surface area contributed by atoms with E-state index in [1.807, 2.05) is 6.07 Å². The van der Waals surface area contributed by atoms with Crippen LogP contribution in [0.15, 0.2) is 12.1 Å². The molecular weight excluding hydrogens is 329 g/mol. The Morgan fingerprint density at radius 2 is 1.74 bits per heavy atom. The number of nitrogens with two attached hydrogens (primary N) is 1. The molecule has 0 amide bonds. The molecule has 0 bridgehead atoms. The fourth-order valence-electron chi connectivity index (χ4n) is 3.28. The first-order valence-corrected chi connectivity index (χ1v) is 8.50. The summed E-state index contributed by atoms with van der Waals surface area (Å²) >= 11 is 6.47. The zero-order valence-electron chi connectivity index (χ0n) is 15.6. The lowest BCUT2D eigenvalue weighted by Crippen LogP contribution is -2.26. The number of rotatable bonds is 6. The molecule has 134 valence electrons. The second kappa shape index (κ2) is 8.60. The molecule has 0 saturated heterocycles. The first kappa shape index (κ1) is 22.6. The van der Waals surface area contributed by atoms with Crippen molar-refractivity contribution in [2.45, 2.75) is 72.3 Å². The highest BCUT2D eigenvalue weighted by Gasteiger charge is 2.29. The van der Waals surface area contributed by atoms with E-state index in [4.69, 9.17) is 22.1 Å². The van der Waals surface area contributed by atoms with Crippen molar-refractivity contribution in [2.75, 3.05) is 7.11 Å². The average Bonchev–Trinajstić information content (AvgIpc) is 2.35. The molecule has 0 aliphatic heterocycles. The molecule has 0 heterocycles. The van der Waals surface area contributed by atoms with Crippen LogP contribution in [0.5, 0.6) is 5.75 Å². The highest BCUT2D eigenvalue weighted by atomic mass is 35.5. The number of methoxy groups -OCH3 is 1. The third kappa shape index (κ3) is 6.52. The Morgan fingerprint density at radius 3 is 2.17 bits per heavy atom. The van der Waals surface area contributed by atoms with Gasteiger partial charge in [0.15, 0.2) is 0 Å². The largest absolute Gasteiger partial charge is 0.495 e. The highest BCUT2D eigenvalue weighted by Crippen LogP contribution is 2.40. The third-order valence-electron chi connectivity index (χ3n) is 4.08. The molecule has 2 nitrogen and oxygen atoms in total. The highest BCUT2D eigenvalue weighted by molar-refractivity contribution is 6.32. The first-order chi connectivity index (χ1) is 10.00. The van der Waals surface area contributed by atoms with Crippen LogP contribution in [0.3, 0.4) is 0 Å². The number of ether oxygens (including phenoxy) is 1. The maximum Gasteiger partial charge on any atom is 0.140 e. The predicted octanol–water partition coefficient (Wildman–Crippen LogP) is 5.76. The molecule has 0 spiro atoms. The minimum absolute atomic E-state index is 0. The lowest BCUT2D eigenvalue weighted by Gasteiger charge is -2.33. The monoisotopic (exact) mass is 361 g/mol. The van der Waals surface area contributed by atoms with Crippen molar-refractivity contribution >= 4 is 24.0 Å². The van der Waals surface area contributed by atoms with Crippen LogP contribution < -0.4 is 10.5 Å². The van der Waals surface area contributed by atoms with Crippen LogP contribution in [0.2, 0.25) is 5.02 Å². The molecule has 4 heteroatoms. The molecule has 0 fully saturated rings. The van der Waals surface area contributed by atoms with Crippen LogP contribution in [-0.4, -0.2) is 13.2 Å². The Labute approximate surface area is 153 Å². The van der Waals surface area contributed by atoms with Gasteiger partial charge in [-0.15, -0.1) is 12.4 Å². The standard InChI is InChI=1S/C19H32ClNO.ClH/c1-8-15(21)10-13-9-14(11-16(20)17(13)22-7)19(5,6)12-18(2,3)4;/h9,11,15H,8,10,12,21H2,1-7H3;1H. The second-order valence-corrected chi connectivity index (χ2v) is 8.55. The smallest absolute Gasteiger partial charge is 0.140 e. The normalized spacial score (nSPS) is 13.4. The number of benzene rings is 1. The Kier molecular flexibility index (Phi) is 8.43. The van der Waals surface area contributed by atoms with Gasteiger partial charge in [-0.2, -0.15) is 0 Å². The van der Waals surface area contributed by atoms with Crippen LogP contribution in [-0.2, 0) is 11.8 Å². The molecule has 1 rings (SSSR count). The molecule has 0 aromatic heterocycles. The zero-order chi connectivity index (χ0) is 17.1. The summed E-state index contributed by atoms with van der Waals surface area (Å²) in [5.41, 5.74) is 8.82. The molecule has 0 aliphatic carbocycles. The van der Waals surface area contributed by atoms with Crippen molar-refractivity contribution < 1.29 is 4.74 Å². The Morgan fingerprint density at radius 1 is 1.17 bits per heavy atom. The van der Waals surface area contributed by atoms with E-state index in [9.17, 15) is 0 Å². The van der Waals surface area contributed by atoms with Crippen molar-refractivity contribution in [3.63, 3.8) is 0 Å². The lowest BCUT2D eigenvalue weighted by atomic mass is 9.72. The van der Waals surface area contributed by atoms with E-state index in [-0.39, 0.29) is 29.3 Å². The maximum absolute atomic E-state index is 6.47. The molecule has 1 aromatic carbocycles. The van der Waals surface area contributed by atoms with Crippen LogP contribution in [0.25, 0.3) is 0 Å². The van der Waals surface area contributed by atoms with Crippen molar-refractivity contribution in [3.8, 4) is 5.75 Å². The van der Waals surface area contributed by atoms with E-state index in [0.29, 0.717) is 5.02 Å². The van der Waals surface area contributed by atoms with E-state index >= 15 is 0 Å². The first-order valence-electron chi connectivity index (χ1n) is 8.12. The van der Waals surface area contributed by atoms with Gasteiger partial charge >= 0.3 is 0 Å². The van der Waals surface area contributed by atoms with Gasteiger partial charge in [0.05, 0.1) is 12.1 Å². The molecule has 1 atom stereocenters. The topological polar surface area (TPSA) is 35.2 Å². The Bertz CT molecular complexity index is 507. The molecule has 0 saturated carbocycles. The summed E-state index contributed by atoms with van der Waals surface area (Å²) < 4.78 is 5.50. The predicted molar refractivity (Wildman–Crippen MR) is 104 cm³/mol. The van der Waals surface area contributed by atoms with Crippen molar-refractivity contribution in [1.29, 1.82) is 0 Å². The van der Waals surface area contributed by atoms with E-state index in [0.717, 1.165) is 30.6 Å². The lowest BCUT2D eigenvalue weighted by molar-refractivity contribution is 0.283. The van der Waals surface area contributed by atoms with E-state index in [1.165, 1.54) is 5.56 Å². The van der Waals surface area contributed by atoms with Gasteiger partial charge in [0.1, 0.15) is 5.75 Å². The molecule has 2 N–H and O–H groups in total. The quantitative estimate of drug-likeness (QED) is 0.698.